The predicted octanol–water partition coefficient (Wildman–Crippen LogP) is 2.84. The summed E-state index contributed by atoms with van der Waals surface area (Å²) in [5.41, 5.74) is 0.944. The van der Waals surface area contributed by atoms with Gasteiger partial charge in [0.25, 0.3) is 0 Å². The summed E-state index contributed by atoms with van der Waals surface area (Å²) in [4.78, 5) is 28.8. The van der Waals surface area contributed by atoms with Gasteiger partial charge in [-0.2, -0.15) is 0 Å². The third-order valence-electron chi connectivity index (χ3n) is 3.00. The number of pyridine rings is 1. The van der Waals surface area contributed by atoms with Gasteiger partial charge in [0.15, 0.2) is 0 Å². The third kappa shape index (κ3) is 3.72. The summed E-state index contributed by atoms with van der Waals surface area (Å²) in [5, 5.41) is 9.05. The first-order valence-corrected chi connectivity index (χ1v) is 7.36. The fourth-order valence-electron chi connectivity index (χ4n) is 2.08. The van der Waals surface area contributed by atoms with Crippen LogP contribution in [0.1, 0.15) is 42.5 Å². The number of nitrogens with zero attached hydrogens (tertiary/aromatic N) is 2. The SMILES string of the molecule is CC(C)(C)OC(=O)N1CCc2c(Br)cc(C(=O)O)nc2C1. The zero-order chi connectivity index (χ0) is 15.8. The molecule has 1 aromatic rings. The van der Waals surface area contributed by atoms with Crippen LogP contribution in [0.3, 0.4) is 0 Å². The number of hydrogen-bond acceptors (Lipinski definition) is 4. The molecule has 0 unspecified atom stereocenters. The van der Waals surface area contributed by atoms with E-state index in [0.29, 0.717) is 23.1 Å². The molecule has 2 heterocycles. The van der Waals surface area contributed by atoms with Gasteiger partial charge in [-0.05, 0) is 38.8 Å². The molecule has 0 atom stereocenters. The number of aromatic nitrogens is 1. The number of carboxylic acids is 1. The molecule has 1 N–H and O–H groups in total. The normalized spacial score (nSPS) is 14.6. The molecule has 6 nitrogen and oxygen atoms in total. The van der Waals surface area contributed by atoms with Crippen molar-refractivity contribution >= 4 is 28.0 Å². The Kier molecular flexibility index (Phi) is 4.22. The van der Waals surface area contributed by atoms with E-state index in [1.54, 1.807) is 25.7 Å². The maximum Gasteiger partial charge on any atom is 0.410 e. The Balaban J connectivity index is 2.23. The van der Waals surface area contributed by atoms with Crippen molar-refractivity contribution < 1.29 is 19.4 Å². The molecule has 1 amide bonds. The Morgan fingerprint density at radius 3 is 2.67 bits per heavy atom. The van der Waals surface area contributed by atoms with Crippen molar-refractivity contribution in [2.45, 2.75) is 39.3 Å². The van der Waals surface area contributed by atoms with E-state index in [1.165, 1.54) is 6.07 Å². The summed E-state index contributed by atoms with van der Waals surface area (Å²) >= 11 is 3.37. The van der Waals surface area contributed by atoms with Crippen molar-refractivity contribution in [3.8, 4) is 0 Å². The smallest absolute Gasteiger partial charge is 0.410 e. The summed E-state index contributed by atoms with van der Waals surface area (Å²) < 4.78 is 6.05. The van der Waals surface area contributed by atoms with E-state index in [4.69, 9.17) is 9.84 Å². The Labute approximate surface area is 131 Å². The third-order valence-corrected chi connectivity index (χ3v) is 3.71. The minimum Gasteiger partial charge on any atom is -0.477 e. The van der Waals surface area contributed by atoms with Crippen LogP contribution in [0.2, 0.25) is 0 Å². The number of halogens is 1. The van der Waals surface area contributed by atoms with Gasteiger partial charge in [-0.25, -0.2) is 14.6 Å². The zero-order valence-electron chi connectivity index (χ0n) is 12.1. The van der Waals surface area contributed by atoms with Gasteiger partial charge in [-0.15, -0.1) is 0 Å². The molecule has 0 aromatic carbocycles. The standard InChI is InChI=1S/C14H17BrN2O4/c1-14(2,3)21-13(20)17-5-4-8-9(15)6-10(12(18)19)16-11(8)7-17/h6H,4-5,7H2,1-3H3,(H,18,19). The van der Waals surface area contributed by atoms with Crippen LogP contribution in [0.25, 0.3) is 0 Å². The fourth-order valence-corrected chi connectivity index (χ4v) is 2.73. The van der Waals surface area contributed by atoms with Crippen molar-refractivity contribution in [2.24, 2.45) is 0 Å². The highest BCUT2D eigenvalue weighted by Gasteiger charge is 2.28. The zero-order valence-corrected chi connectivity index (χ0v) is 13.7. The molecule has 114 valence electrons. The maximum absolute atomic E-state index is 12.1. The largest absolute Gasteiger partial charge is 0.477 e. The monoisotopic (exact) mass is 356 g/mol. The minimum atomic E-state index is -1.09. The topological polar surface area (TPSA) is 79.7 Å². The van der Waals surface area contributed by atoms with Gasteiger partial charge in [-0.1, -0.05) is 15.9 Å². The Morgan fingerprint density at radius 2 is 2.10 bits per heavy atom. The van der Waals surface area contributed by atoms with Crippen LogP contribution >= 0.6 is 15.9 Å². The quantitative estimate of drug-likeness (QED) is 0.836. The second-order valence-electron chi connectivity index (χ2n) is 5.87. The van der Waals surface area contributed by atoms with Crippen LogP contribution < -0.4 is 0 Å². The molecule has 0 saturated carbocycles. The van der Waals surface area contributed by atoms with Crippen LogP contribution in [0.15, 0.2) is 10.5 Å². The predicted molar refractivity (Wildman–Crippen MR) is 79.2 cm³/mol. The molecular formula is C14H17BrN2O4. The first kappa shape index (κ1) is 15.8. The highest BCUT2D eigenvalue weighted by molar-refractivity contribution is 9.10. The molecule has 2 rings (SSSR count). The number of rotatable bonds is 1. The summed E-state index contributed by atoms with van der Waals surface area (Å²) in [6, 6.07) is 1.49. The number of carbonyl (C=O) groups is 2. The van der Waals surface area contributed by atoms with E-state index < -0.39 is 17.7 Å². The van der Waals surface area contributed by atoms with Gasteiger partial charge >= 0.3 is 12.1 Å². The molecule has 0 radical (unpaired) electrons. The molecule has 0 bridgehead atoms. The van der Waals surface area contributed by atoms with Crippen molar-refractivity contribution in [3.05, 3.63) is 27.5 Å². The molecule has 7 heteroatoms. The molecule has 1 aliphatic rings. The molecule has 0 aliphatic carbocycles. The lowest BCUT2D eigenvalue weighted by molar-refractivity contribution is 0.0220. The van der Waals surface area contributed by atoms with Gasteiger partial charge in [0, 0.05) is 11.0 Å². The van der Waals surface area contributed by atoms with Crippen LogP contribution in [0.5, 0.6) is 0 Å². The first-order chi connectivity index (χ1) is 9.67. The van der Waals surface area contributed by atoms with E-state index in [-0.39, 0.29) is 12.2 Å². The van der Waals surface area contributed by atoms with Gasteiger partial charge < -0.3 is 14.7 Å². The Morgan fingerprint density at radius 1 is 1.43 bits per heavy atom. The molecule has 0 spiro atoms. The van der Waals surface area contributed by atoms with Gasteiger partial charge in [0.05, 0.1) is 12.2 Å². The van der Waals surface area contributed by atoms with Gasteiger partial charge in [0.2, 0.25) is 0 Å². The average molecular weight is 357 g/mol. The van der Waals surface area contributed by atoms with E-state index in [1.807, 2.05) is 0 Å². The maximum atomic E-state index is 12.1. The summed E-state index contributed by atoms with van der Waals surface area (Å²) in [5.74, 6) is -1.09. The second-order valence-corrected chi connectivity index (χ2v) is 6.73. The summed E-state index contributed by atoms with van der Waals surface area (Å²) in [7, 11) is 0. The summed E-state index contributed by atoms with van der Waals surface area (Å²) in [6.45, 7) is 6.19. The van der Waals surface area contributed by atoms with Crippen molar-refractivity contribution in [1.82, 2.24) is 9.88 Å². The average Bonchev–Trinajstić information content (AvgIpc) is 2.35. The molecule has 0 fully saturated rings. The first-order valence-electron chi connectivity index (χ1n) is 6.57. The van der Waals surface area contributed by atoms with Crippen LogP contribution in [-0.4, -0.2) is 39.2 Å². The van der Waals surface area contributed by atoms with Crippen LogP contribution in [0, 0.1) is 0 Å². The molecule has 1 aliphatic heterocycles. The van der Waals surface area contributed by atoms with E-state index in [0.717, 1.165) is 5.56 Å². The Bertz CT molecular complexity index is 595. The van der Waals surface area contributed by atoms with E-state index in [2.05, 4.69) is 20.9 Å². The van der Waals surface area contributed by atoms with Crippen LogP contribution in [-0.2, 0) is 17.7 Å². The lowest BCUT2D eigenvalue weighted by atomic mass is 10.0. The number of amides is 1. The number of hydrogen-bond donors (Lipinski definition) is 1. The highest BCUT2D eigenvalue weighted by atomic mass is 79.9. The van der Waals surface area contributed by atoms with Crippen molar-refractivity contribution in [1.29, 1.82) is 0 Å². The van der Waals surface area contributed by atoms with Crippen molar-refractivity contribution in [2.75, 3.05) is 6.54 Å². The van der Waals surface area contributed by atoms with Crippen LogP contribution in [0.4, 0.5) is 4.79 Å². The van der Waals surface area contributed by atoms with E-state index >= 15 is 0 Å². The van der Waals surface area contributed by atoms with Gasteiger partial charge in [-0.3, -0.25) is 0 Å². The molecular weight excluding hydrogens is 340 g/mol. The van der Waals surface area contributed by atoms with Gasteiger partial charge in [0.1, 0.15) is 11.3 Å². The lowest BCUT2D eigenvalue weighted by Gasteiger charge is -2.31. The molecule has 21 heavy (non-hydrogen) atoms. The van der Waals surface area contributed by atoms with E-state index in [9.17, 15) is 9.59 Å². The second kappa shape index (κ2) is 5.63. The molecule has 0 saturated heterocycles. The lowest BCUT2D eigenvalue weighted by Crippen LogP contribution is -2.40. The number of carbonyl (C=O) groups excluding carboxylic acids is 1. The number of fused-ring (bicyclic) bond motifs is 1. The number of ether oxygens (including phenoxy) is 1. The molecule has 1 aromatic heterocycles. The summed E-state index contributed by atoms with van der Waals surface area (Å²) in [6.07, 6.45) is 0.203. The minimum absolute atomic E-state index is 0.0355. The van der Waals surface area contributed by atoms with Crippen molar-refractivity contribution in [3.63, 3.8) is 0 Å². The Hall–Kier alpha value is -1.63. The number of carboxylic acid groups (broad SMARTS) is 1. The number of aromatic carboxylic acids is 1. The fraction of sp³-hybridized carbons (Fsp3) is 0.500. The highest BCUT2D eigenvalue weighted by Crippen LogP contribution is 2.27.